The first-order valence-electron chi connectivity index (χ1n) is 10.3. The Kier molecular flexibility index (Phi) is 2.94. The van der Waals surface area contributed by atoms with Crippen molar-refractivity contribution in [2.24, 2.45) is 11.8 Å². The molecule has 0 aromatic heterocycles. The zero-order valence-corrected chi connectivity index (χ0v) is 17.4. The number of hydrogen-bond acceptors (Lipinski definition) is 3. The quantitative estimate of drug-likeness (QED) is 0.357. The second-order valence-electron chi connectivity index (χ2n) is 9.23. The Morgan fingerprint density at radius 2 is 2.19 bits per heavy atom. The summed E-state index contributed by atoms with van der Waals surface area (Å²) >= 11 is 2.59. The van der Waals surface area contributed by atoms with Crippen LogP contribution in [-0.4, -0.2) is 52.6 Å². The summed E-state index contributed by atoms with van der Waals surface area (Å²) in [7, 11) is 0. The van der Waals surface area contributed by atoms with Gasteiger partial charge in [0.25, 0.3) is 0 Å². The topological polar surface area (TPSA) is 32.8 Å². The van der Waals surface area contributed by atoms with Crippen molar-refractivity contribution in [3.63, 3.8) is 0 Å². The molecule has 27 heavy (non-hydrogen) atoms. The van der Waals surface area contributed by atoms with Gasteiger partial charge < -0.3 is 9.64 Å². The number of para-hydroxylation sites is 1. The second kappa shape index (κ2) is 4.97. The van der Waals surface area contributed by atoms with Gasteiger partial charge in [-0.25, -0.2) is 0 Å². The van der Waals surface area contributed by atoms with Crippen LogP contribution >= 0.6 is 22.6 Å². The fourth-order valence-corrected chi connectivity index (χ4v) is 9.68. The van der Waals surface area contributed by atoms with Crippen molar-refractivity contribution in [1.29, 1.82) is 0 Å². The maximum atomic E-state index is 13.5. The van der Waals surface area contributed by atoms with Crippen molar-refractivity contribution in [1.82, 2.24) is 4.90 Å². The van der Waals surface area contributed by atoms with Crippen LogP contribution in [0, 0.1) is 11.8 Å². The molecule has 7 rings (SSSR count). The number of anilines is 1. The first-order valence-corrected chi connectivity index (χ1v) is 11.8. The van der Waals surface area contributed by atoms with Crippen molar-refractivity contribution in [3.05, 3.63) is 41.5 Å². The Morgan fingerprint density at radius 1 is 1.30 bits per heavy atom. The molecule has 2 unspecified atom stereocenters. The van der Waals surface area contributed by atoms with Crippen LogP contribution in [0.15, 0.2) is 35.9 Å². The molecule has 1 aliphatic carbocycles. The molecule has 2 bridgehead atoms. The first-order chi connectivity index (χ1) is 13.2. The lowest BCUT2D eigenvalue weighted by molar-refractivity contribution is -0.139. The number of halogens is 1. The molecular weight excluding hydrogens is 451 g/mol. The molecule has 1 aromatic rings. The first kappa shape index (κ1) is 15.9. The van der Waals surface area contributed by atoms with Crippen LogP contribution in [0.2, 0.25) is 0 Å². The largest absolute Gasteiger partial charge is 0.373 e. The third-order valence-electron chi connectivity index (χ3n) is 8.81. The molecule has 1 spiro atoms. The van der Waals surface area contributed by atoms with Gasteiger partial charge in [-0.1, -0.05) is 52.4 Å². The summed E-state index contributed by atoms with van der Waals surface area (Å²) in [5, 5.41) is 0. The molecule has 1 aromatic carbocycles. The van der Waals surface area contributed by atoms with E-state index in [1.807, 2.05) is 0 Å². The normalized spacial score (nSPS) is 46.2. The average molecular weight is 474 g/mol. The summed E-state index contributed by atoms with van der Waals surface area (Å²) in [6.07, 6.45) is 5.37. The number of rotatable bonds is 1. The minimum absolute atomic E-state index is 0.0690. The van der Waals surface area contributed by atoms with Crippen LogP contribution in [-0.2, 0) is 14.9 Å². The number of benzene rings is 1. The van der Waals surface area contributed by atoms with Gasteiger partial charge in [0.15, 0.2) is 0 Å². The van der Waals surface area contributed by atoms with Crippen LogP contribution in [0.4, 0.5) is 5.69 Å². The van der Waals surface area contributed by atoms with E-state index in [1.165, 1.54) is 24.1 Å². The number of piperidine rings is 2. The Bertz CT molecular complexity index is 915. The Labute approximate surface area is 173 Å². The maximum absolute atomic E-state index is 13.5. The zero-order chi connectivity index (χ0) is 18.0. The molecule has 0 N–H and O–H groups in total. The van der Waals surface area contributed by atoms with Gasteiger partial charge in [0.2, 0.25) is 5.91 Å². The number of hydrogen-bond donors (Lipinski definition) is 0. The predicted molar refractivity (Wildman–Crippen MR) is 111 cm³/mol. The molecule has 3 saturated heterocycles. The molecule has 5 heterocycles. The minimum Gasteiger partial charge on any atom is -0.373 e. The highest BCUT2D eigenvalue weighted by Gasteiger charge is 2.78. The number of fused-ring (bicyclic) bond motifs is 2. The molecule has 5 aliphatic heterocycles. The van der Waals surface area contributed by atoms with Gasteiger partial charge >= 0.3 is 0 Å². The Hall–Kier alpha value is -0.920. The molecule has 1 saturated carbocycles. The van der Waals surface area contributed by atoms with E-state index in [2.05, 4.69) is 62.7 Å². The summed E-state index contributed by atoms with van der Waals surface area (Å²) in [5.41, 5.74) is 4.16. The lowest BCUT2D eigenvalue weighted by atomic mass is 9.47. The van der Waals surface area contributed by atoms with E-state index < -0.39 is 0 Å². The van der Waals surface area contributed by atoms with E-state index in [0.717, 1.165) is 17.5 Å². The van der Waals surface area contributed by atoms with Crippen molar-refractivity contribution < 1.29 is 9.53 Å². The summed E-state index contributed by atoms with van der Waals surface area (Å²) in [6, 6.07) is 9.38. The lowest BCUT2D eigenvalue weighted by Crippen LogP contribution is -2.78. The summed E-state index contributed by atoms with van der Waals surface area (Å²) in [4.78, 5) is 18.5. The van der Waals surface area contributed by atoms with Crippen molar-refractivity contribution in [3.8, 4) is 0 Å². The fourth-order valence-electron chi connectivity index (χ4n) is 8.15. The number of alkyl halides is 1. The van der Waals surface area contributed by atoms with Gasteiger partial charge in [0, 0.05) is 34.0 Å². The molecule has 1 amide bonds. The van der Waals surface area contributed by atoms with Crippen LogP contribution < -0.4 is 4.90 Å². The van der Waals surface area contributed by atoms with E-state index in [9.17, 15) is 4.79 Å². The van der Waals surface area contributed by atoms with E-state index in [-0.39, 0.29) is 23.0 Å². The molecule has 6 aliphatic rings. The molecule has 5 heteroatoms. The van der Waals surface area contributed by atoms with Crippen LogP contribution in [0.25, 0.3) is 0 Å². The zero-order valence-electron chi connectivity index (χ0n) is 15.2. The summed E-state index contributed by atoms with van der Waals surface area (Å²) in [6.45, 7) is 2.94. The van der Waals surface area contributed by atoms with Gasteiger partial charge in [0.05, 0.1) is 24.7 Å². The Balaban J connectivity index is 1.61. The van der Waals surface area contributed by atoms with Crippen LogP contribution in [0.5, 0.6) is 0 Å². The van der Waals surface area contributed by atoms with E-state index in [4.69, 9.17) is 4.74 Å². The summed E-state index contributed by atoms with van der Waals surface area (Å²) < 4.78 is 7.36. The van der Waals surface area contributed by atoms with E-state index in [0.29, 0.717) is 30.9 Å². The SMILES string of the molecule is O=C1CC2OCC=C3CN4CC[C@]56c7ccccc7N1C5(CI)[C@H]2[C@H]3C[C@H]46. The molecular formula is C22H23IN2O2. The minimum atomic E-state index is -0.135. The third kappa shape index (κ3) is 1.51. The van der Waals surface area contributed by atoms with Crippen LogP contribution in [0.3, 0.4) is 0 Å². The Morgan fingerprint density at radius 3 is 3.07 bits per heavy atom. The third-order valence-corrected chi connectivity index (χ3v) is 9.97. The molecule has 0 radical (unpaired) electrons. The monoisotopic (exact) mass is 474 g/mol. The number of nitrogens with zero attached hydrogens (tertiary/aromatic N) is 2. The molecule has 4 fully saturated rings. The van der Waals surface area contributed by atoms with E-state index >= 15 is 0 Å². The van der Waals surface area contributed by atoms with Crippen molar-refractivity contribution >= 4 is 34.2 Å². The highest BCUT2D eigenvalue weighted by molar-refractivity contribution is 14.1. The molecule has 6 atom stereocenters. The van der Waals surface area contributed by atoms with Gasteiger partial charge in [-0.2, -0.15) is 0 Å². The number of carbonyl (C=O) groups is 1. The van der Waals surface area contributed by atoms with Gasteiger partial charge in [-0.05, 0) is 36.9 Å². The maximum Gasteiger partial charge on any atom is 0.230 e. The standard InChI is InChI=1S/C22H23IN2O2/c23-12-22-20-14-9-18-21(22)6-7-24(18)11-13(14)5-8-27-17(20)10-19(26)25(22)16-4-2-1-3-15(16)21/h1-5,14,17-18,20H,6-12H2/t14-,17?,18-,20-,21+,22?/m0/s1. The van der Waals surface area contributed by atoms with E-state index in [1.54, 1.807) is 5.57 Å². The highest BCUT2D eigenvalue weighted by atomic mass is 127. The van der Waals surface area contributed by atoms with Crippen molar-refractivity contribution in [2.75, 3.05) is 29.0 Å². The van der Waals surface area contributed by atoms with Crippen molar-refractivity contribution in [2.45, 2.75) is 42.4 Å². The average Bonchev–Trinajstić information content (AvgIpc) is 3.13. The van der Waals surface area contributed by atoms with Gasteiger partial charge in [0.1, 0.15) is 0 Å². The highest BCUT2D eigenvalue weighted by Crippen LogP contribution is 2.71. The number of ether oxygens (including phenoxy) is 1. The molecule has 140 valence electrons. The lowest BCUT2D eigenvalue weighted by Gasteiger charge is -2.65. The summed E-state index contributed by atoms with van der Waals surface area (Å²) in [5.74, 6) is 1.27. The second-order valence-corrected chi connectivity index (χ2v) is 10.00. The van der Waals surface area contributed by atoms with Gasteiger partial charge in [-0.15, -0.1) is 0 Å². The smallest absolute Gasteiger partial charge is 0.230 e. The van der Waals surface area contributed by atoms with Gasteiger partial charge in [-0.3, -0.25) is 9.69 Å². The van der Waals surface area contributed by atoms with Crippen LogP contribution in [0.1, 0.15) is 24.8 Å². The number of carbonyl (C=O) groups excluding carboxylic acids is 1. The predicted octanol–water partition coefficient (Wildman–Crippen LogP) is 2.90. The molecule has 4 nitrogen and oxygen atoms in total. The number of amides is 1. The fraction of sp³-hybridized carbons (Fsp3) is 0.591.